The largest absolute Gasteiger partial charge is 0.463 e. The van der Waals surface area contributed by atoms with Gasteiger partial charge in [0.15, 0.2) is 5.76 Å². The van der Waals surface area contributed by atoms with Crippen molar-refractivity contribution in [2.75, 3.05) is 26.2 Å². The van der Waals surface area contributed by atoms with Gasteiger partial charge in [-0.25, -0.2) is 4.68 Å². The normalized spacial score (nSPS) is 14.6. The number of nitrogens with zero attached hydrogens (tertiary/aromatic N) is 2. The van der Waals surface area contributed by atoms with Crippen LogP contribution < -0.4 is 10.2 Å². The van der Waals surface area contributed by atoms with E-state index in [-0.39, 0.29) is 5.91 Å². The number of amides is 1. The van der Waals surface area contributed by atoms with Gasteiger partial charge in [0.2, 0.25) is 0 Å². The van der Waals surface area contributed by atoms with E-state index in [1.807, 2.05) is 18.2 Å². The van der Waals surface area contributed by atoms with Gasteiger partial charge in [-0.15, -0.1) is 0 Å². The predicted octanol–water partition coefficient (Wildman–Crippen LogP) is 2.19. The zero-order valence-electron chi connectivity index (χ0n) is 15.0. The summed E-state index contributed by atoms with van der Waals surface area (Å²) >= 11 is 5.99. The molecule has 2 aromatic heterocycles. The number of furan rings is 1. The monoisotopic (exact) mass is 385 g/mol. The van der Waals surface area contributed by atoms with Crippen LogP contribution in [0, 0.1) is 0 Å². The summed E-state index contributed by atoms with van der Waals surface area (Å²) in [5, 5.41) is 8.24. The fourth-order valence-corrected chi connectivity index (χ4v) is 3.56. The average Bonchev–Trinajstić information content (AvgIpc) is 3.43. The van der Waals surface area contributed by atoms with Crippen LogP contribution in [0.5, 0.6) is 0 Å². The molecule has 1 aliphatic rings. The average molecular weight is 386 g/mol. The number of quaternary nitrogens is 1. The first-order valence-corrected chi connectivity index (χ1v) is 9.60. The van der Waals surface area contributed by atoms with E-state index in [0.29, 0.717) is 28.7 Å². The second-order valence-electron chi connectivity index (χ2n) is 6.74. The van der Waals surface area contributed by atoms with Crippen molar-refractivity contribution in [1.82, 2.24) is 15.1 Å². The Morgan fingerprint density at radius 1 is 1.22 bits per heavy atom. The van der Waals surface area contributed by atoms with E-state index in [1.165, 1.54) is 25.9 Å². The minimum atomic E-state index is -0.145. The molecule has 7 heteroatoms. The number of aromatic nitrogens is 2. The van der Waals surface area contributed by atoms with Gasteiger partial charge in [-0.3, -0.25) is 4.79 Å². The smallest absolute Gasteiger partial charge is 0.270 e. The molecule has 0 bridgehead atoms. The second kappa shape index (κ2) is 7.98. The first-order chi connectivity index (χ1) is 13.2. The van der Waals surface area contributed by atoms with Crippen molar-refractivity contribution in [2.45, 2.75) is 12.8 Å². The Bertz CT molecular complexity index is 897. The third-order valence-corrected chi connectivity index (χ3v) is 5.11. The van der Waals surface area contributed by atoms with Crippen molar-refractivity contribution in [3.8, 4) is 17.1 Å². The zero-order chi connectivity index (χ0) is 18.6. The minimum absolute atomic E-state index is 0.145. The molecule has 0 aliphatic carbocycles. The molecule has 2 N–H and O–H groups in total. The van der Waals surface area contributed by atoms with Gasteiger partial charge in [0.1, 0.15) is 11.4 Å². The summed E-state index contributed by atoms with van der Waals surface area (Å²) in [6.07, 6.45) is 4.15. The molecule has 1 fully saturated rings. The maximum absolute atomic E-state index is 12.8. The molecule has 0 unspecified atom stereocenters. The molecule has 140 valence electrons. The lowest BCUT2D eigenvalue weighted by Crippen LogP contribution is -3.10. The quantitative estimate of drug-likeness (QED) is 0.683. The van der Waals surface area contributed by atoms with E-state index >= 15 is 0 Å². The van der Waals surface area contributed by atoms with Crippen LogP contribution in [0.3, 0.4) is 0 Å². The third kappa shape index (κ3) is 4.07. The van der Waals surface area contributed by atoms with Gasteiger partial charge in [0.05, 0.1) is 38.1 Å². The molecule has 27 heavy (non-hydrogen) atoms. The zero-order valence-corrected chi connectivity index (χ0v) is 15.7. The highest BCUT2D eigenvalue weighted by Crippen LogP contribution is 2.23. The van der Waals surface area contributed by atoms with E-state index in [1.54, 1.807) is 40.1 Å². The number of nitrogens with one attached hydrogen (secondary N) is 2. The number of hydrogen-bond donors (Lipinski definition) is 2. The lowest BCUT2D eigenvalue weighted by molar-refractivity contribution is -0.886. The summed E-state index contributed by atoms with van der Waals surface area (Å²) in [4.78, 5) is 14.4. The first-order valence-electron chi connectivity index (χ1n) is 9.22. The van der Waals surface area contributed by atoms with E-state index in [0.717, 1.165) is 12.2 Å². The van der Waals surface area contributed by atoms with Gasteiger partial charge >= 0.3 is 0 Å². The maximum atomic E-state index is 12.8. The molecule has 0 spiro atoms. The van der Waals surface area contributed by atoms with Crippen molar-refractivity contribution >= 4 is 17.5 Å². The maximum Gasteiger partial charge on any atom is 0.270 e. The second-order valence-corrected chi connectivity index (χ2v) is 7.18. The van der Waals surface area contributed by atoms with Crippen molar-refractivity contribution in [3.05, 3.63) is 59.4 Å². The van der Waals surface area contributed by atoms with Crippen LogP contribution >= 0.6 is 11.6 Å². The summed E-state index contributed by atoms with van der Waals surface area (Å²) < 4.78 is 7.07. The number of hydrogen-bond acceptors (Lipinski definition) is 3. The molecule has 0 atom stereocenters. The van der Waals surface area contributed by atoms with Crippen molar-refractivity contribution < 1.29 is 14.1 Å². The van der Waals surface area contributed by atoms with Gasteiger partial charge < -0.3 is 14.6 Å². The Morgan fingerprint density at radius 3 is 2.70 bits per heavy atom. The molecule has 0 radical (unpaired) electrons. The Kier molecular flexibility index (Phi) is 5.27. The van der Waals surface area contributed by atoms with E-state index in [4.69, 9.17) is 16.0 Å². The minimum Gasteiger partial charge on any atom is -0.463 e. The molecule has 1 aliphatic heterocycles. The molecular weight excluding hydrogens is 364 g/mol. The molecule has 1 saturated heterocycles. The van der Waals surface area contributed by atoms with Crippen LogP contribution in [0.2, 0.25) is 5.02 Å². The van der Waals surface area contributed by atoms with Gasteiger partial charge in [-0.1, -0.05) is 11.6 Å². The highest BCUT2D eigenvalue weighted by atomic mass is 35.5. The van der Waals surface area contributed by atoms with Gasteiger partial charge in [0.25, 0.3) is 5.91 Å². The number of likely N-dealkylation sites (tertiary alicyclic amines) is 1. The molecule has 3 heterocycles. The van der Waals surface area contributed by atoms with Crippen LogP contribution in [-0.4, -0.2) is 41.9 Å². The Hall–Kier alpha value is -2.57. The number of carbonyl (C=O) groups excluding carboxylic acids is 1. The fourth-order valence-electron chi connectivity index (χ4n) is 3.44. The van der Waals surface area contributed by atoms with Crippen LogP contribution in [0.25, 0.3) is 17.1 Å². The van der Waals surface area contributed by atoms with Crippen molar-refractivity contribution in [2.24, 2.45) is 0 Å². The predicted molar refractivity (Wildman–Crippen MR) is 103 cm³/mol. The molecule has 0 saturated carbocycles. The van der Waals surface area contributed by atoms with Gasteiger partial charge in [-0.05, 0) is 36.4 Å². The summed E-state index contributed by atoms with van der Waals surface area (Å²) in [5.74, 6) is 0.479. The van der Waals surface area contributed by atoms with Crippen LogP contribution in [0.4, 0.5) is 0 Å². The summed E-state index contributed by atoms with van der Waals surface area (Å²) in [6, 6.07) is 12.6. The SMILES string of the molecule is O=C(NCC[NH+]1CCCC1)c1cc(-c2ccco2)nn1-c1ccc(Cl)cc1. The lowest BCUT2D eigenvalue weighted by atomic mass is 10.2. The van der Waals surface area contributed by atoms with Crippen molar-refractivity contribution in [3.63, 3.8) is 0 Å². The Labute approximate surface area is 162 Å². The highest BCUT2D eigenvalue weighted by Gasteiger charge is 2.20. The molecule has 1 amide bonds. The third-order valence-electron chi connectivity index (χ3n) is 4.86. The molecular formula is C20H22ClN4O2+. The Morgan fingerprint density at radius 2 is 2.00 bits per heavy atom. The number of rotatable bonds is 6. The summed E-state index contributed by atoms with van der Waals surface area (Å²) in [7, 11) is 0. The van der Waals surface area contributed by atoms with Crippen LogP contribution in [0.15, 0.2) is 53.1 Å². The first kappa shape index (κ1) is 17.8. The van der Waals surface area contributed by atoms with E-state index in [9.17, 15) is 4.79 Å². The van der Waals surface area contributed by atoms with Gasteiger partial charge in [-0.2, -0.15) is 5.10 Å². The number of halogens is 1. The van der Waals surface area contributed by atoms with E-state index in [2.05, 4.69) is 10.4 Å². The fraction of sp³-hybridized carbons (Fsp3) is 0.300. The van der Waals surface area contributed by atoms with Crippen LogP contribution in [-0.2, 0) is 0 Å². The standard InChI is InChI=1S/C20H21ClN4O2/c21-15-5-7-16(8-6-15)25-18(14-17(23-25)19-4-3-13-27-19)20(26)22-9-12-24-10-1-2-11-24/h3-8,13-14H,1-2,9-12H2,(H,22,26)/p+1. The topological polar surface area (TPSA) is 64.5 Å². The van der Waals surface area contributed by atoms with Crippen LogP contribution in [0.1, 0.15) is 23.3 Å². The number of benzene rings is 1. The Balaban J connectivity index is 1.57. The lowest BCUT2D eigenvalue weighted by Gasteiger charge is -2.13. The molecule has 4 rings (SSSR count). The molecule has 6 nitrogen and oxygen atoms in total. The van der Waals surface area contributed by atoms with Crippen molar-refractivity contribution in [1.29, 1.82) is 0 Å². The molecule has 1 aromatic carbocycles. The summed E-state index contributed by atoms with van der Waals surface area (Å²) in [5.41, 5.74) is 1.86. The van der Waals surface area contributed by atoms with E-state index < -0.39 is 0 Å². The molecule has 3 aromatic rings. The summed E-state index contributed by atoms with van der Waals surface area (Å²) in [6.45, 7) is 3.99. The van der Waals surface area contributed by atoms with Gasteiger partial charge in [0, 0.05) is 23.9 Å². The number of carbonyl (C=O) groups is 1. The highest BCUT2D eigenvalue weighted by molar-refractivity contribution is 6.30.